The number of amides is 1. The molecule has 1 aromatic carbocycles. The number of carboxylic acids is 1. The van der Waals surface area contributed by atoms with E-state index in [9.17, 15) is 23.1 Å². The number of rotatable bonds is 9. The molecule has 5 aliphatic rings. The Hall–Kier alpha value is -3.45. The van der Waals surface area contributed by atoms with E-state index in [1.807, 2.05) is 18.2 Å². The molecule has 3 heterocycles. The minimum atomic E-state index is -4.09. The molecule has 11 nitrogen and oxygen atoms in total. The van der Waals surface area contributed by atoms with Gasteiger partial charge in [0.2, 0.25) is 0 Å². The zero-order valence-electron chi connectivity index (χ0n) is 26.5. The van der Waals surface area contributed by atoms with Gasteiger partial charge in [0, 0.05) is 69.9 Å². The van der Waals surface area contributed by atoms with Gasteiger partial charge in [-0.05, 0) is 59.6 Å². The van der Waals surface area contributed by atoms with E-state index < -0.39 is 33.9 Å². The molecular weight excluding hydrogens is 606 g/mol. The molecule has 3 aliphatic carbocycles. The van der Waals surface area contributed by atoms with Crippen LogP contribution in [-0.2, 0) is 26.3 Å². The number of hydrogen-bond donors (Lipinski definition) is 3. The smallest absolute Gasteiger partial charge is 0.307 e. The Morgan fingerprint density at radius 1 is 1.15 bits per heavy atom. The first-order chi connectivity index (χ1) is 22.2. The van der Waals surface area contributed by atoms with Gasteiger partial charge in [-0.1, -0.05) is 37.5 Å². The van der Waals surface area contributed by atoms with Crippen LogP contribution in [0.15, 0.2) is 52.6 Å². The third kappa shape index (κ3) is 5.48. The van der Waals surface area contributed by atoms with Crippen LogP contribution in [0, 0.1) is 5.92 Å². The highest BCUT2D eigenvalue weighted by molar-refractivity contribution is 7.87. The summed E-state index contributed by atoms with van der Waals surface area (Å²) in [6, 6.07) is 6.25. The molecule has 2 aromatic rings. The van der Waals surface area contributed by atoms with Crippen LogP contribution in [0.3, 0.4) is 0 Å². The molecule has 0 bridgehead atoms. The number of aromatic nitrogens is 1. The lowest BCUT2D eigenvalue weighted by Crippen LogP contribution is -2.48. The molecule has 46 heavy (non-hydrogen) atoms. The van der Waals surface area contributed by atoms with Crippen LogP contribution in [0.5, 0.6) is 5.75 Å². The number of aliphatic carboxylic acids is 1. The summed E-state index contributed by atoms with van der Waals surface area (Å²) < 4.78 is 38.1. The molecule has 7 rings (SSSR count). The molecule has 1 saturated heterocycles. The quantitative estimate of drug-likeness (QED) is 0.377. The number of carboxylic acid groups (broad SMARTS) is 1. The molecule has 0 radical (unpaired) electrons. The largest absolute Gasteiger partial charge is 0.496 e. The highest BCUT2D eigenvalue weighted by Gasteiger charge is 2.47. The minimum absolute atomic E-state index is 0.262. The Bertz CT molecular complexity index is 1780. The molecule has 1 saturated carbocycles. The third-order valence-corrected chi connectivity index (χ3v) is 12.1. The summed E-state index contributed by atoms with van der Waals surface area (Å²) in [6.07, 6.45) is 9.92. The van der Waals surface area contributed by atoms with Crippen molar-refractivity contribution in [3.05, 3.63) is 63.9 Å². The van der Waals surface area contributed by atoms with E-state index in [-0.39, 0.29) is 6.54 Å². The van der Waals surface area contributed by atoms with Gasteiger partial charge in [-0.2, -0.15) is 12.7 Å². The maximum absolute atomic E-state index is 13.7. The first-order valence-electron chi connectivity index (χ1n) is 16.5. The lowest BCUT2D eigenvalue weighted by atomic mass is 9.76. The lowest BCUT2D eigenvalue weighted by molar-refractivity contribution is -0.142. The van der Waals surface area contributed by atoms with E-state index in [0.717, 1.165) is 72.5 Å². The van der Waals surface area contributed by atoms with Crippen molar-refractivity contribution >= 4 is 33.0 Å². The van der Waals surface area contributed by atoms with Crippen LogP contribution in [0.2, 0.25) is 0 Å². The Labute approximate surface area is 270 Å². The van der Waals surface area contributed by atoms with Gasteiger partial charge < -0.3 is 19.7 Å². The van der Waals surface area contributed by atoms with E-state index in [1.54, 1.807) is 7.11 Å². The van der Waals surface area contributed by atoms with E-state index in [4.69, 9.17) is 4.74 Å². The molecule has 3 N–H and O–H groups in total. The van der Waals surface area contributed by atoms with Crippen LogP contribution < -0.4 is 14.8 Å². The Kier molecular flexibility index (Phi) is 8.33. The summed E-state index contributed by atoms with van der Waals surface area (Å²) in [7, 11) is -0.951. The summed E-state index contributed by atoms with van der Waals surface area (Å²) in [4.78, 5) is 28.6. The number of fused-ring (bicyclic) bond motifs is 6. The van der Waals surface area contributed by atoms with Crippen molar-refractivity contribution in [1.82, 2.24) is 23.8 Å². The summed E-state index contributed by atoms with van der Waals surface area (Å²) >= 11 is 0. The van der Waals surface area contributed by atoms with Gasteiger partial charge in [0.25, 0.3) is 5.91 Å². The number of allylic oxidation sites excluding steroid dienone is 4. The Balaban J connectivity index is 1.26. The fourth-order valence-electron chi connectivity index (χ4n) is 8.09. The second-order valence-electron chi connectivity index (χ2n) is 13.2. The van der Waals surface area contributed by atoms with Crippen LogP contribution in [-0.4, -0.2) is 92.6 Å². The predicted molar refractivity (Wildman–Crippen MR) is 175 cm³/mol. The molecule has 1 amide bonds. The van der Waals surface area contributed by atoms with Crippen molar-refractivity contribution in [2.24, 2.45) is 5.92 Å². The fraction of sp³-hybridized carbons (Fsp3) is 0.529. The average molecular weight is 650 g/mol. The summed E-state index contributed by atoms with van der Waals surface area (Å²) in [6.45, 7) is 4.64. The first-order valence-corrected chi connectivity index (χ1v) is 17.9. The zero-order chi connectivity index (χ0) is 32.2. The number of nitrogens with one attached hydrogen (secondary N) is 2. The average Bonchev–Trinajstić information content (AvgIpc) is 3.69. The highest BCUT2D eigenvalue weighted by atomic mass is 32.2. The second-order valence-corrected chi connectivity index (χ2v) is 15.0. The van der Waals surface area contributed by atoms with Gasteiger partial charge >= 0.3 is 16.2 Å². The van der Waals surface area contributed by atoms with Crippen LogP contribution >= 0.6 is 0 Å². The fourth-order valence-corrected chi connectivity index (χ4v) is 8.91. The Morgan fingerprint density at radius 3 is 2.63 bits per heavy atom. The number of carbonyl (C=O) groups excluding carboxylic acids is 1. The van der Waals surface area contributed by atoms with Crippen molar-refractivity contribution in [1.29, 1.82) is 0 Å². The number of nitrogens with zero attached hydrogens (tertiary/aromatic N) is 3. The maximum Gasteiger partial charge on any atom is 0.307 e. The number of methoxy groups -OCH3 is 1. The molecule has 2 aliphatic heterocycles. The van der Waals surface area contributed by atoms with Gasteiger partial charge in [0.05, 0.1) is 24.1 Å². The van der Waals surface area contributed by atoms with Gasteiger partial charge in [0.1, 0.15) is 5.75 Å². The van der Waals surface area contributed by atoms with Crippen molar-refractivity contribution in [2.45, 2.75) is 56.9 Å². The molecule has 2 fully saturated rings. The standard InChI is InChI=1S/C34H43N5O6S/c1-37(17-18-38-15-13-35-14-16-38)46(43,44)36-33(40)31-26-20-39-27(29-23(30(26)31)9-6-10-24(29)34(41)42)19-25-28(45-2)12-11-22(32(25)39)21-7-4-3-5-8-21/h6,9,11-12,19,21,24,29,35H,3-5,7-8,10,13-18,20H2,1-2H3,(H,36,40)(H,41,42)/t24-,29?/m1/s1. The van der Waals surface area contributed by atoms with Crippen LogP contribution in [0.4, 0.5) is 0 Å². The van der Waals surface area contributed by atoms with Gasteiger partial charge in [-0.3, -0.25) is 14.5 Å². The molecule has 1 unspecified atom stereocenters. The molecular formula is C34H43N5O6S. The van der Waals surface area contributed by atoms with Crippen molar-refractivity contribution in [2.75, 3.05) is 53.4 Å². The number of likely N-dealkylation sites (N-methyl/N-ethyl adjacent to an activating group) is 1. The van der Waals surface area contributed by atoms with Crippen molar-refractivity contribution < 1.29 is 27.9 Å². The predicted octanol–water partition coefficient (Wildman–Crippen LogP) is 3.26. The SMILES string of the molecule is COc1ccc(C2CCCCC2)c2c1cc1n2CC2=C(C(=O)NS(=O)(=O)N(C)CCN3CCNCC3)C2=C2C=CC[C@@H](C(=O)O)C21. The van der Waals surface area contributed by atoms with Gasteiger partial charge in [0.15, 0.2) is 0 Å². The van der Waals surface area contributed by atoms with Crippen molar-refractivity contribution in [3.8, 4) is 5.75 Å². The topological polar surface area (TPSA) is 133 Å². The molecule has 2 atom stereocenters. The molecule has 12 heteroatoms. The van der Waals surface area contributed by atoms with Gasteiger partial charge in [-0.15, -0.1) is 0 Å². The van der Waals surface area contributed by atoms with Crippen molar-refractivity contribution in [3.63, 3.8) is 0 Å². The lowest BCUT2D eigenvalue weighted by Gasteiger charge is -2.29. The van der Waals surface area contributed by atoms with Crippen LogP contribution in [0.1, 0.15) is 61.6 Å². The molecule has 0 spiro atoms. The third-order valence-electron chi connectivity index (χ3n) is 10.6. The monoisotopic (exact) mass is 649 g/mol. The number of benzene rings is 1. The number of hydrogen-bond acceptors (Lipinski definition) is 7. The van der Waals surface area contributed by atoms with E-state index in [1.165, 1.54) is 36.2 Å². The molecule has 246 valence electrons. The Morgan fingerprint density at radius 2 is 1.91 bits per heavy atom. The minimum Gasteiger partial charge on any atom is -0.496 e. The highest BCUT2D eigenvalue weighted by Crippen LogP contribution is 2.55. The maximum atomic E-state index is 13.7. The number of ether oxygens (including phenoxy) is 1. The van der Waals surface area contributed by atoms with E-state index >= 15 is 0 Å². The number of piperazine rings is 1. The van der Waals surface area contributed by atoms with E-state index in [0.29, 0.717) is 36.6 Å². The summed E-state index contributed by atoms with van der Waals surface area (Å²) in [5.41, 5.74) is 5.73. The van der Waals surface area contributed by atoms with Crippen LogP contribution in [0.25, 0.3) is 10.9 Å². The first kappa shape index (κ1) is 31.2. The zero-order valence-corrected chi connectivity index (χ0v) is 27.4. The van der Waals surface area contributed by atoms with Gasteiger partial charge in [-0.25, -0.2) is 4.72 Å². The number of carbonyl (C=O) groups is 2. The van der Waals surface area contributed by atoms with E-state index in [2.05, 4.69) is 31.6 Å². The second kappa shape index (κ2) is 12.3. The molecule has 1 aromatic heterocycles. The summed E-state index contributed by atoms with van der Waals surface area (Å²) in [5.74, 6) is -1.65. The summed E-state index contributed by atoms with van der Waals surface area (Å²) in [5, 5.41) is 14.6. The normalized spacial score (nSPS) is 23.6.